The highest BCUT2D eigenvalue weighted by Crippen LogP contribution is 2.18. The van der Waals surface area contributed by atoms with Crippen LogP contribution in [0.25, 0.3) is 10.9 Å². The van der Waals surface area contributed by atoms with Crippen molar-refractivity contribution in [1.29, 1.82) is 0 Å². The highest BCUT2D eigenvalue weighted by Gasteiger charge is 2.13. The van der Waals surface area contributed by atoms with Gasteiger partial charge in [-0.3, -0.25) is 9.36 Å². The van der Waals surface area contributed by atoms with Crippen LogP contribution < -0.4 is 10.9 Å². The Morgan fingerprint density at radius 1 is 1.22 bits per heavy atom. The first-order chi connectivity index (χ1) is 11.3. The molecule has 23 heavy (non-hydrogen) atoms. The summed E-state index contributed by atoms with van der Waals surface area (Å²) >= 11 is 0. The molecule has 0 amide bonds. The summed E-state index contributed by atoms with van der Waals surface area (Å²) in [5.74, 6) is 1.64. The van der Waals surface area contributed by atoms with E-state index in [-0.39, 0.29) is 5.56 Å². The summed E-state index contributed by atoms with van der Waals surface area (Å²) in [5.41, 5.74) is 0.901. The number of piperidine rings is 1. The van der Waals surface area contributed by atoms with Crippen LogP contribution in [-0.4, -0.2) is 22.6 Å². The van der Waals surface area contributed by atoms with E-state index in [0.29, 0.717) is 0 Å². The van der Waals surface area contributed by atoms with Crippen molar-refractivity contribution in [3.8, 4) is 0 Å². The zero-order valence-electron chi connectivity index (χ0n) is 14.6. The fourth-order valence-electron chi connectivity index (χ4n) is 3.25. The van der Waals surface area contributed by atoms with E-state index in [1.807, 2.05) is 49.6 Å². The van der Waals surface area contributed by atoms with Crippen molar-refractivity contribution < 1.29 is 0 Å². The van der Waals surface area contributed by atoms with Gasteiger partial charge in [0.1, 0.15) is 5.82 Å². The van der Waals surface area contributed by atoms with E-state index in [4.69, 9.17) is 0 Å². The van der Waals surface area contributed by atoms with Gasteiger partial charge in [-0.15, -0.1) is 0 Å². The summed E-state index contributed by atoms with van der Waals surface area (Å²) in [4.78, 5) is 17.1. The summed E-state index contributed by atoms with van der Waals surface area (Å²) in [6.45, 7) is 8.99. The zero-order chi connectivity index (χ0) is 16.7. The molecule has 4 heteroatoms. The molecule has 0 spiro atoms. The molecule has 0 atom stereocenters. The molecule has 1 N–H and O–H groups in total. The van der Waals surface area contributed by atoms with Crippen LogP contribution in [0.3, 0.4) is 0 Å². The van der Waals surface area contributed by atoms with Gasteiger partial charge in [0, 0.05) is 6.54 Å². The Labute approximate surface area is 138 Å². The molecule has 0 saturated carbocycles. The third-order valence-corrected chi connectivity index (χ3v) is 4.51. The third-order valence-electron chi connectivity index (χ3n) is 4.51. The Morgan fingerprint density at radius 2 is 1.91 bits per heavy atom. The largest absolute Gasteiger partial charge is 0.317 e. The number of aryl methyl sites for hydroxylation is 1. The highest BCUT2D eigenvalue weighted by molar-refractivity contribution is 5.77. The quantitative estimate of drug-likeness (QED) is 0.939. The Hall–Kier alpha value is -1.68. The van der Waals surface area contributed by atoms with Crippen molar-refractivity contribution in [3.63, 3.8) is 0 Å². The third kappa shape index (κ3) is 4.41. The predicted octanol–water partition coefficient (Wildman–Crippen LogP) is 3.51. The van der Waals surface area contributed by atoms with Gasteiger partial charge >= 0.3 is 0 Å². The summed E-state index contributed by atoms with van der Waals surface area (Å²) < 4.78 is 1.84. The van der Waals surface area contributed by atoms with E-state index in [0.717, 1.165) is 48.7 Å². The molecule has 1 aromatic heterocycles. The first-order valence-corrected chi connectivity index (χ1v) is 8.92. The molecule has 1 aliphatic heterocycles. The molecule has 0 aliphatic carbocycles. The van der Waals surface area contributed by atoms with Crippen LogP contribution >= 0.6 is 0 Å². The molecular formula is C19H29N3O. The van der Waals surface area contributed by atoms with Gasteiger partial charge in [0.15, 0.2) is 0 Å². The molecule has 1 fully saturated rings. The van der Waals surface area contributed by atoms with E-state index in [1.54, 1.807) is 0 Å². The fraction of sp³-hybridized carbons (Fsp3) is 0.579. The van der Waals surface area contributed by atoms with Crippen molar-refractivity contribution in [2.45, 2.75) is 53.0 Å². The van der Waals surface area contributed by atoms with Gasteiger partial charge in [0.25, 0.3) is 5.56 Å². The van der Waals surface area contributed by atoms with Crippen molar-refractivity contribution in [2.24, 2.45) is 5.92 Å². The normalized spacial score (nSPS) is 15.3. The van der Waals surface area contributed by atoms with E-state index < -0.39 is 0 Å². The van der Waals surface area contributed by atoms with E-state index in [1.165, 1.54) is 19.3 Å². The summed E-state index contributed by atoms with van der Waals surface area (Å²) in [5, 5.41) is 4.12. The van der Waals surface area contributed by atoms with Crippen LogP contribution in [0.5, 0.6) is 0 Å². The van der Waals surface area contributed by atoms with E-state index >= 15 is 0 Å². The van der Waals surface area contributed by atoms with Gasteiger partial charge < -0.3 is 5.32 Å². The van der Waals surface area contributed by atoms with Gasteiger partial charge in [0.05, 0.1) is 10.9 Å². The molecule has 2 heterocycles. The molecule has 0 radical (unpaired) electrons. The lowest BCUT2D eigenvalue weighted by molar-refractivity contribution is 0.338. The maximum absolute atomic E-state index is 12.5. The number of para-hydroxylation sites is 1. The second-order valence-electron chi connectivity index (χ2n) is 5.97. The first kappa shape index (κ1) is 17.7. The number of nitrogens with zero attached hydrogens (tertiary/aromatic N) is 2. The Bertz CT molecular complexity index is 672. The molecule has 1 aromatic carbocycles. The van der Waals surface area contributed by atoms with Gasteiger partial charge in [-0.1, -0.05) is 26.0 Å². The van der Waals surface area contributed by atoms with Crippen LogP contribution in [0.2, 0.25) is 0 Å². The lowest BCUT2D eigenvalue weighted by Crippen LogP contribution is -2.28. The SMILES string of the molecule is CC.Cc1nc2ccccc2c(=O)n1CCCC1CCNCC1. The molecule has 2 aromatic rings. The highest BCUT2D eigenvalue weighted by atomic mass is 16.1. The van der Waals surface area contributed by atoms with Crippen LogP contribution in [-0.2, 0) is 6.54 Å². The van der Waals surface area contributed by atoms with E-state index in [9.17, 15) is 4.79 Å². The molecule has 3 rings (SSSR count). The first-order valence-electron chi connectivity index (χ1n) is 8.92. The Morgan fingerprint density at radius 3 is 2.65 bits per heavy atom. The number of aromatic nitrogens is 2. The van der Waals surface area contributed by atoms with Gasteiger partial charge in [0.2, 0.25) is 0 Å². The predicted molar refractivity (Wildman–Crippen MR) is 96.9 cm³/mol. The number of fused-ring (bicyclic) bond motifs is 1. The summed E-state index contributed by atoms with van der Waals surface area (Å²) in [7, 11) is 0. The average molecular weight is 315 g/mol. The van der Waals surface area contributed by atoms with Crippen LogP contribution in [0.1, 0.15) is 45.4 Å². The smallest absolute Gasteiger partial charge is 0.261 e. The average Bonchev–Trinajstić information content (AvgIpc) is 2.60. The molecule has 4 nitrogen and oxygen atoms in total. The number of benzene rings is 1. The second-order valence-corrected chi connectivity index (χ2v) is 5.97. The van der Waals surface area contributed by atoms with Crippen molar-refractivity contribution in [1.82, 2.24) is 14.9 Å². The number of nitrogens with one attached hydrogen (secondary N) is 1. The monoisotopic (exact) mass is 315 g/mol. The van der Waals surface area contributed by atoms with E-state index in [2.05, 4.69) is 10.3 Å². The topological polar surface area (TPSA) is 46.9 Å². The maximum atomic E-state index is 12.5. The van der Waals surface area contributed by atoms with Crippen molar-refractivity contribution in [3.05, 3.63) is 40.4 Å². The lowest BCUT2D eigenvalue weighted by Gasteiger charge is -2.22. The minimum absolute atomic E-state index is 0.100. The van der Waals surface area contributed by atoms with Crippen LogP contribution in [0, 0.1) is 12.8 Å². The van der Waals surface area contributed by atoms with Gasteiger partial charge in [-0.2, -0.15) is 0 Å². The number of rotatable bonds is 4. The van der Waals surface area contributed by atoms with Gasteiger partial charge in [-0.25, -0.2) is 4.98 Å². The fourth-order valence-corrected chi connectivity index (χ4v) is 3.25. The second kappa shape index (κ2) is 8.82. The molecule has 1 saturated heterocycles. The summed E-state index contributed by atoms with van der Waals surface area (Å²) in [6, 6.07) is 7.60. The molecular weight excluding hydrogens is 286 g/mol. The van der Waals surface area contributed by atoms with Crippen LogP contribution in [0.15, 0.2) is 29.1 Å². The molecule has 0 bridgehead atoms. The lowest BCUT2D eigenvalue weighted by atomic mass is 9.93. The zero-order valence-corrected chi connectivity index (χ0v) is 14.6. The Balaban J connectivity index is 0.000000924. The van der Waals surface area contributed by atoms with Crippen LogP contribution in [0.4, 0.5) is 0 Å². The standard InChI is InChI=1S/C17H23N3O.C2H6/c1-13-19-16-7-3-2-6-15(16)17(21)20(13)12-4-5-14-8-10-18-11-9-14;1-2/h2-3,6-7,14,18H,4-5,8-12H2,1H3;1-2H3. The molecule has 1 aliphatic rings. The minimum atomic E-state index is 0.100. The van der Waals surface area contributed by atoms with Crippen molar-refractivity contribution in [2.75, 3.05) is 13.1 Å². The molecule has 126 valence electrons. The number of hydrogen-bond acceptors (Lipinski definition) is 3. The van der Waals surface area contributed by atoms with Crippen molar-refractivity contribution >= 4 is 10.9 Å². The minimum Gasteiger partial charge on any atom is -0.317 e. The summed E-state index contributed by atoms with van der Waals surface area (Å²) in [6.07, 6.45) is 4.81. The van der Waals surface area contributed by atoms with Gasteiger partial charge in [-0.05, 0) is 63.7 Å². The Kier molecular flexibility index (Phi) is 6.78. The number of hydrogen-bond donors (Lipinski definition) is 1. The maximum Gasteiger partial charge on any atom is 0.261 e. The molecule has 0 unspecified atom stereocenters.